The fourth-order valence-corrected chi connectivity index (χ4v) is 2.87. The predicted octanol–water partition coefficient (Wildman–Crippen LogP) is 2.14. The summed E-state index contributed by atoms with van der Waals surface area (Å²) >= 11 is 0. The fraction of sp³-hybridized carbons (Fsp3) is 0.556. The van der Waals surface area contributed by atoms with E-state index in [9.17, 15) is 4.79 Å². The van der Waals surface area contributed by atoms with Crippen LogP contribution in [0.2, 0.25) is 0 Å². The average molecular weight is 459 g/mol. The monoisotopic (exact) mass is 459 g/mol. The van der Waals surface area contributed by atoms with Crippen LogP contribution >= 0.6 is 24.0 Å². The smallest absolute Gasteiger partial charge is 0.243 e. The Balaban J connectivity index is 0.00000312. The van der Waals surface area contributed by atoms with Gasteiger partial charge >= 0.3 is 0 Å². The van der Waals surface area contributed by atoms with Gasteiger partial charge in [0.05, 0.1) is 6.54 Å². The molecule has 6 nitrogen and oxygen atoms in total. The second kappa shape index (κ2) is 10.6. The van der Waals surface area contributed by atoms with Crippen LogP contribution in [0.5, 0.6) is 0 Å². The van der Waals surface area contributed by atoms with Gasteiger partial charge in [0.25, 0.3) is 0 Å². The van der Waals surface area contributed by atoms with Crippen molar-refractivity contribution in [2.75, 3.05) is 32.0 Å². The minimum absolute atomic E-state index is 0. The van der Waals surface area contributed by atoms with E-state index >= 15 is 0 Å². The third-order valence-corrected chi connectivity index (χ3v) is 4.39. The number of guanidine groups is 1. The Morgan fingerprint density at radius 1 is 1.28 bits per heavy atom. The van der Waals surface area contributed by atoms with Crippen molar-refractivity contribution in [1.82, 2.24) is 15.5 Å². The zero-order valence-corrected chi connectivity index (χ0v) is 17.8. The predicted molar refractivity (Wildman–Crippen MR) is 115 cm³/mol. The second-order valence-electron chi connectivity index (χ2n) is 6.62. The highest BCUT2D eigenvalue weighted by molar-refractivity contribution is 14.0. The number of halogens is 1. The number of likely N-dealkylation sites (tertiary alicyclic amines) is 1. The molecule has 1 saturated heterocycles. The minimum atomic E-state index is -0.0903. The van der Waals surface area contributed by atoms with Crippen molar-refractivity contribution in [3.05, 3.63) is 30.3 Å². The molecule has 1 fully saturated rings. The summed E-state index contributed by atoms with van der Waals surface area (Å²) in [5, 5.41) is 9.38. The van der Waals surface area contributed by atoms with Crippen LogP contribution in [0.4, 0.5) is 5.69 Å². The molecule has 1 aliphatic rings. The molecule has 3 N–H and O–H groups in total. The van der Waals surface area contributed by atoms with Gasteiger partial charge in [-0.25, -0.2) is 0 Å². The molecule has 1 amide bonds. The fourth-order valence-electron chi connectivity index (χ4n) is 2.87. The molecule has 1 heterocycles. The van der Waals surface area contributed by atoms with Crippen LogP contribution in [0.3, 0.4) is 0 Å². The SMILES string of the molecule is CN=C(NCC(=O)Nc1ccccc1)NC1CN(C(C)C)CC1C.I. The maximum absolute atomic E-state index is 12.0. The molecule has 25 heavy (non-hydrogen) atoms. The number of hydrogen-bond donors (Lipinski definition) is 3. The Bertz CT molecular complexity index is 564. The van der Waals surface area contributed by atoms with Gasteiger partial charge in [-0.2, -0.15) is 0 Å². The highest BCUT2D eigenvalue weighted by Gasteiger charge is 2.31. The van der Waals surface area contributed by atoms with Gasteiger partial charge in [-0.05, 0) is 31.9 Å². The number of carbonyl (C=O) groups is 1. The lowest BCUT2D eigenvalue weighted by Crippen LogP contribution is -2.48. The largest absolute Gasteiger partial charge is 0.352 e. The van der Waals surface area contributed by atoms with E-state index in [4.69, 9.17) is 0 Å². The molecular weight excluding hydrogens is 429 g/mol. The number of anilines is 1. The van der Waals surface area contributed by atoms with Crippen molar-refractivity contribution in [2.45, 2.75) is 32.9 Å². The van der Waals surface area contributed by atoms with Crippen LogP contribution in [0.15, 0.2) is 35.3 Å². The first kappa shape index (κ1) is 21.7. The van der Waals surface area contributed by atoms with E-state index in [0.29, 0.717) is 24.0 Å². The van der Waals surface area contributed by atoms with Crippen LogP contribution in [0.25, 0.3) is 0 Å². The first-order valence-corrected chi connectivity index (χ1v) is 8.55. The zero-order chi connectivity index (χ0) is 17.5. The molecule has 1 aliphatic heterocycles. The Kier molecular flexibility index (Phi) is 9.20. The lowest BCUT2D eigenvalue weighted by molar-refractivity contribution is -0.115. The van der Waals surface area contributed by atoms with Crippen molar-refractivity contribution in [3.63, 3.8) is 0 Å². The molecule has 2 rings (SSSR count). The summed E-state index contributed by atoms with van der Waals surface area (Å²) in [5.41, 5.74) is 0.796. The quantitative estimate of drug-likeness (QED) is 0.359. The number of rotatable bonds is 5. The van der Waals surface area contributed by atoms with Crippen molar-refractivity contribution < 1.29 is 4.79 Å². The van der Waals surface area contributed by atoms with Gasteiger partial charge in [0.1, 0.15) is 0 Å². The standard InChI is InChI=1S/C18H29N5O.HI/c1-13(2)23-11-14(3)16(12-23)22-18(19-4)20-10-17(24)21-15-8-6-5-7-9-15;/h5-9,13-14,16H,10-12H2,1-4H3,(H,21,24)(H2,19,20,22);1H. The lowest BCUT2D eigenvalue weighted by Gasteiger charge is -2.21. The minimum Gasteiger partial charge on any atom is -0.352 e. The Labute approximate surface area is 167 Å². The first-order chi connectivity index (χ1) is 11.5. The van der Waals surface area contributed by atoms with Crippen molar-refractivity contribution >= 4 is 41.5 Å². The number of para-hydroxylation sites is 1. The summed E-state index contributed by atoms with van der Waals surface area (Å²) in [4.78, 5) is 18.7. The molecule has 1 aromatic carbocycles. The highest BCUT2D eigenvalue weighted by atomic mass is 127. The first-order valence-electron chi connectivity index (χ1n) is 8.55. The number of aliphatic imine (C=N–C) groups is 1. The molecule has 2 atom stereocenters. The summed E-state index contributed by atoms with van der Waals surface area (Å²) in [5.74, 6) is 1.12. The van der Waals surface area contributed by atoms with E-state index < -0.39 is 0 Å². The Morgan fingerprint density at radius 2 is 1.96 bits per heavy atom. The van der Waals surface area contributed by atoms with E-state index in [0.717, 1.165) is 18.8 Å². The molecule has 2 unspecified atom stereocenters. The summed E-state index contributed by atoms with van der Waals surface area (Å²) < 4.78 is 0. The maximum atomic E-state index is 12.0. The maximum Gasteiger partial charge on any atom is 0.243 e. The molecule has 1 aromatic rings. The van der Waals surface area contributed by atoms with E-state index in [1.165, 1.54) is 0 Å². The topological polar surface area (TPSA) is 68.8 Å². The summed E-state index contributed by atoms with van der Waals surface area (Å²) in [6.45, 7) is 8.95. The molecule has 0 aromatic heterocycles. The third-order valence-electron chi connectivity index (χ3n) is 4.39. The number of nitrogens with one attached hydrogen (secondary N) is 3. The second-order valence-corrected chi connectivity index (χ2v) is 6.62. The molecule has 0 spiro atoms. The summed E-state index contributed by atoms with van der Waals surface area (Å²) in [6.07, 6.45) is 0. The van der Waals surface area contributed by atoms with Crippen LogP contribution in [0, 0.1) is 5.92 Å². The van der Waals surface area contributed by atoms with Crippen LogP contribution < -0.4 is 16.0 Å². The van der Waals surface area contributed by atoms with Crippen molar-refractivity contribution in [3.8, 4) is 0 Å². The van der Waals surface area contributed by atoms with Crippen LogP contribution in [-0.4, -0.2) is 55.5 Å². The number of nitrogens with zero attached hydrogens (tertiary/aromatic N) is 2. The van der Waals surface area contributed by atoms with Gasteiger partial charge in [-0.3, -0.25) is 14.7 Å². The number of hydrogen-bond acceptors (Lipinski definition) is 3. The molecule has 0 radical (unpaired) electrons. The van der Waals surface area contributed by atoms with Gasteiger partial charge in [-0.1, -0.05) is 25.1 Å². The number of benzene rings is 1. The van der Waals surface area contributed by atoms with Gasteiger partial charge < -0.3 is 16.0 Å². The van der Waals surface area contributed by atoms with Crippen LogP contribution in [-0.2, 0) is 4.79 Å². The van der Waals surface area contributed by atoms with Crippen molar-refractivity contribution in [2.24, 2.45) is 10.9 Å². The molecule has 0 aliphatic carbocycles. The van der Waals surface area contributed by atoms with Gasteiger partial charge in [0.2, 0.25) is 5.91 Å². The third kappa shape index (κ3) is 6.81. The van der Waals surface area contributed by atoms with E-state index in [1.807, 2.05) is 30.3 Å². The average Bonchev–Trinajstić information content (AvgIpc) is 2.93. The Hall–Kier alpha value is -1.35. The van der Waals surface area contributed by atoms with Gasteiger partial charge in [0, 0.05) is 37.9 Å². The molecule has 0 saturated carbocycles. The Morgan fingerprint density at radius 3 is 2.52 bits per heavy atom. The van der Waals surface area contributed by atoms with E-state index in [2.05, 4.69) is 46.6 Å². The van der Waals surface area contributed by atoms with Crippen LogP contribution in [0.1, 0.15) is 20.8 Å². The number of carbonyl (C=O) groups excluding carboxylic acids is 1. The molecule has 0 bridgehead atoms. The summed E-state index contributed by atoms with van der Waals surface area (Å²) in [6, 6.07) is 10.3. The highest BCUT2D eigenvalue weighted by Crippen LogP contribution is 2.18. The van der Waals surface area contributed by atoms with E-state index in [-0.39, 0.29) is 36.4 Å². The lowest BCUT2D eigenvalue weighted by atomic mass is 10.1. The zero-order valence-electron chi connectivity index (χ0n) is 15.5. The summed E-state index contributed by atoms with van der Waals surface area (Å²) in [7, 11) is 1.73. The van der Waals surface area contributed by atoms with E-state index in [1.54, 1.807) is 7.05 Å². The molecule has 140 valence electrons. The van der Waals surface area contributed by atoms with Gasteiger partial charge in [0.15, 0.2) is 5.96 Å². The van der Waals surface area contributed by atoms with Gasteiger partial charge in [-0.15, -0.1) is 24.0 Å². The van der Waals surface area contributed by atoms with Crippen molar-refractivity contribution in [1.29, 1.82) is 0 Å². The normalized spacial score (nSPS) is 20.9. The number of amides is 1. The molecule has 7 heteroatoms. The molecular formula is C18H30IN5O.